The van der Waals surface area contributed by atoms with E-state index < -0.39 is 6.67 Å². The van der Waals surface area contributed by atoms with E-state index in [9.17, 15) is 9.18 Å². The molecule has 6 heteroatoms. The molecule has 0 aliphatic carbocycles. The molecular formula is C14H18BrFO4. The molecule has 0 aromatic heterocycles. The van der Waals surface area contributed by atoms with Crippen LogP contribution in [0, 0.1) is 0 Å². The number of ether oxygens (including phenoxy) is 3. The summed E-state index contributed by atoms with van der Waals surface area (Å²) in [5.74, 6) is 0.644. The van der Waals surface area contributed by atoms with E-state index in [1.807, 2.05) is 0 Å². The molecule has 0 fully saturated rings. The number of carbonyl (C=O) groups is 1. The Hall–Kier alpha value is -0.980. The maximum atomic E-state index is 11.7. The fraction of sp³-hybridized carbons (Fsp3) is 0.500. The molecule has 0 atom stereocenters. The molecule has 1 aromatic carbocycles. The number of rotatable bonds is 11. The Morgan fingerprint density at radius 2 is 1.80 bits per heavy atom. The summed E-state index contributed by atoms with van der Waals surface area (Å²) >= 11 is 3.13. The fourth-order valence-electron chi connectivity index (χ4n) is 1.43. The van der Waals surface area contributed by atoms with Crippen molar-refractivity contribution in [2.45, 2.75) is 0 Å². The van der Waals surface area contributed by atoms with Gasteiger partial charge in [-0.25, -0.2) is 4.39 Å². The van der Waals surface area contributed by atoms with Crippen molar-refractivity contribution >= 4 is 21.7 Å². The fourth-order valence-corrected chi connectivity index (χ4v) is 1.76. The Labute approximate surface area is 126 Å². The Bertz CT molecular complexity index is 401. The molecule has 20 heavy (non-hydrogen) atoms. The van der Waals surface area contributed by atoms with Gasteiger partial charge in [0.25, 0.3) is 0 Å². The zero-order valence-electron chi connectivity index (χ0n) is 11.1. The van der Waals surface area contributed by atoms with E-state index >= 15 is 0 Å². The summed E-state index contributed by atoms with van der Waals surface area (Å²) in [6.45, 7) is 1.20. The molecule has 0 spiro atoms. The minimum absolute atomic E-state index is 0.0108. The molecule has 0 aliphatic heterocycles. The molecule has 112 valence electrons. The monoisotopic (exact) mass is 348 g/mol. The number of benzene rings is 1. The van der Waals surface area contributed by atoms with Crippen molar-refractivity contribution < 1.29 is 23.4 Å². The van der Waals surface area contributed by atoms with Crippen LogP contribution in [0.1, 0.15) is 10.4 Å². The van der Waals surface area contributed by atoms with Gasteiger partial charge in [0.1, 0.15) is 19.0 Å². The van der Waals surface area contributed by atoms with E-state index in [1.54, 1.807) is 24.3 Å². The van der Waals surface area contributed by atoms with Gasteiger partial charge in [0, 0.05) is 5.56 Å². The molecule has 0 heterocycles. The first-order valence-corrected chi connectivity index (χ1v) is 7.43. The van der Waals surface area contributed by atoms with E-state index in [0.29, 0.717) is 43.1 Å². The zero-order chi connectivity index (χ0) is 14.6. The van der Waals surface area contributed by atoms with Gasteiger partial charge in [-0.1, -0.05) is 28.1 Å². The highest BCUT2D eigenvalue weighted by Gasteiger charge is 2.04. The normalized spacial score (nSPS) is 10.5. The van der Waals surface area contributed by atoms with Gasteiger partial charge in [-0.15, -0.1) is 0 Å². The molecule has 0 N–H and O–H groups in total. The summed E-state index contributed by atoms with van der Waals surface area (Å²) in [7, 11) is 0. The second kappa shape index (κ2) is 10.8. The number of carbonyl (C=O) groups excluding carboxylic acids is 1. The first-order chi connectivity index (χ1) is 9.77. The van der Waals surface area contributed by atoms with Crippen LogP contribution in [0.2, 0.25) is 0 Å². The zero-order valence-corrected chi connectivity index (χ0v) is 12.7. The Morgan fingerprint density at radius 3 is 2.50 bits per heavy atom. The second-order valence-electron chi connectivity index (χ2n) is 3.85. The van der Waals surface area contributed by atoms with Gasteiger partial charge in [-0.05, 0) is 12.1 Å². The van der Waals surface area contributed by atoms with Crippen LogP contribution in [0.5, 0.6) is 5.75 Å². The molecule has 0 aliphatic rings. The largest absolute Gasteiger partial charge is 0.491 e. The molecule has 1 rings (SSSR count). The predicted octanol–water partition coefficient (Wildman–Crippen LogP) is 2.65. The minimum Gasteiger partial charge on any atom is -0.491 e. The maximum absolute atomic E-state index is 11.7. The average Bonchev–Trinajstić information content (AvgIpc) is 2.49. The van der Waals surface area contributed by atoms with Crippen molar-refractivity contribution in [3.05, 3.63) is 29.8 Å². The summed E-state index contributed by atoms with van der Waals surface area (Å²) in [6.07, 6.45) is 0. The van der Waals surface area contributed by atoms with Crippen molar-refractivity contribution in [2.75, 3.05) is 45.0 Å². The average molecular weight is 349 g/mol. The van der Waals surface area contributed by atoms with Crippen LogP contribution >= 0.6 is 15.9 Å². The van der Waals surface area contributed by atoms with Gasteiger partial charge in [-0.2, -0.15) is 0 Å². The Morgan fingerprint density at radius 1 is 1.10 bits per heavy atom. The topological polar surface area (TPSA) is 44.8 Å². The molecule has 0 bridgehead atoms. The van der Waals surface area contributed by atoms with Crippen LogP contribution in [-0.4, -0.2) is 50.8 Å². The van der Waals surface area contributed by atoms with Crippen molar-refractivity contribution in [1.82, 2.24) is 0 Å². The number of hydrogen-bond donors (Lipinski definition) is 0. The lowest BCUT2D eigenvalue weighted by Crippen LogP contribution is -2.11. The van der Waals surface area contributed by atoms with Gasteiger partial charge in [-0.3, -0.25) is 4.79 Å². The van der Waals surface area contributed by atoms with E-state index in [4.69, 9.17) is 14.2 Å². The number of ketones is 1. The van der Waals surface area contributed by atoms with E-state index in [-0.39, 0.29) is 12.4 Å². The molecule has 4 nitrogen and oxygen atoms in total. The Balaban J connectivity index is 2.17. The molecule has 0 saturated heterocycles. The van der Waals surface area contributed by atoms with Crippen LogP contribution in [0.4, 0.5) is 4.39 Å². The Kier molecular flexibility index (Phi) is 9.19. The van der Waals surface area contributed by atoms with Crippen LogP contribution in [0.25, 0.3) is 0 Å². The van der Waals surface area contributed by atoms with Gasteiger partial charge in [0.05, 0.1) is 31.8 Å². The van der Waals surface area contributed by atoms with E-state index in [1.165, 1.54) is 0 Å². The highest BCUT2D eigenvalue weighted by atomic mass is 79.9. The van der Waals surface area contributed by atoms with Crippen molar-refractivity contribution in [2.24, 2.45) is 0 Å². The predicted molar refractivity (Wildman–Crippen MR) is 77.7 cm³/mol. The van der Waals surface area contributed by atoms with Crippen LogP contribution in [0.3, 0.4) is 0 Å². The smallest absolute Gasteiger partial charge is 0.173 e. The lowest BCUT2D eigenvalue weighted by Gasteiger charge is -2.08. The standard InChI is InChI=1S/C14H18BrFO4/c15-11-14(17)12-2-1-3-13(10-12)20-9-8-19-7-6-18-5-4-16/h1-3,10H,4-9,11H2. The van der Waals surface area contributed by atoms with Gasteiger partial charge in [0.2, 0.25) is 0 Å². The molecule has 0 saturated carbocycles. The molecule has 0 amide bonds. The summed E-state index contributed by atoms with van der Waals surface area (Å²) in [5.41, 5.74) is 0.611. The highest BCUT2D eigenvalue weighted by Crippen LogP contribution is 2.14. The number of Topliss-reactive ketones (excluding diaryl/α,β-unsaturated/α-hetero) is 1. The van der Waals surface area contributed by atoms with Gasteiger partial charge in [0.15, 0.2) is 5.78 Å². The third kappa shape index (κ3) is 6.98. The molecular weight excluding hydrogens is 331 g/mol. The van der Waals surface area contributed by atoms with Crippen molar-refractivity contribution in [1.29, 1.82) is 0 Å². The van der Waals surface area contributed by atoms with Crippen molar-refractivity contribution in [3.8, 4) is 5.75 Å². The molecule has 0 unspecified atom stereocenters. The summed E-state index contributed by atoms with van der Waals surface area (Å²) in [6, 6.07) is 7.01. The lowest BCUT2D eigenvalue weighted by atomic mass is 10.1. The van der Waals surface area contributed by atoms with Gasteiger partial charge >= 0.3 is 0 Å². The van der Waals surface area contributed by atoms with Crippen LogP contribution in [-0.2, 0) is 9.47 Å². The van der Waals surface area contributed by atoms with Crippen LogP contribution < -0.4 is 4.74 Å². The lowest BCUT2D eigenvalue weighted by molar-refractivity contribution is 0.0325. The van der Waals surface area contributed by atoms with Crippen LogP contribution in [0.15, 0.2) is 24.3 Å². The molecule has 1 aromatic rings. The maximum Gasteiger partial charge on any atom is 0.173 e. The quantitative estimate of drug-likeness (QED) is 0.350. The van der Waals surface area contributed by atoms with Crippen molar-refractivity contribution in [3.63, 3.8) is 0 Å². The number of halogens is 2. The first kappa shape index (κ1) is 17.1. The highest BCUT2D eigenvalue weighted by molar-refractivity contribution is 9.09. The molecule has 0 radical (unpaired) electrons. The summed E-state index contributed by atoms with van der Waals surface area (Å²) in [5, 5.41) is 0.290. The first-order valence-electron chi connectivity index (χ1n) is 6.31. The SMILES string of the molecule is O=C(CBr)c1cccc(OCCOCCOCCF)c1. The van der Waals surface area contributed by atoms with Gasteiger partial charge < -0.3 is 14.2 Å². The third-order valence-electron chi connectivity index (χ3n) is 2.37. The summed E-state index contributed by atoms with van der Waals surface area (Å²) < 4.78 is 27.4. The summed E-state index contributed by atoms with van der Waals surface area (Å²) in [4.78, 5) is 11.5. The van der Waals surface area contributed by atoms with E-state index in [0.717, 1.165) is 0 Å². The van der Waals surface area contributed by atoms with E-state index in [2.05, 4.69) is 15.9 Å². The second-order valence-corrected chi connectivity index (χ2v) is 4.41. The number of hydrogen-bond acceptors (Lipinski definition) is 4. The third-order valence-corrected chi connectivity index (χ3v) is 2.88. The number of alkyl halides is 2. The minimum atomic E-state index is -0.480.